The third kappa shape index (κ3) is 2.19. The maximum Gasteiger partial charge on any atom is 0.381 e. The largest absolute Gasteiger partial charge is 0.381 e. The number of nitrogens with one attached hydrogen (secondary N) is 1. The molecule has 0 fully saturated rings. The van der Waals surface area contributed by atoms with E-state index in [1.54, 1.807) is 0 Å². The molecule has 0 aliphatic carbocycles. The number of aromatic amines is 1. The van der Waals surface area contributed by atoms with Gasteiger partial charge in [0.05, 0.1) is 6.42 Å². The van der Waals surface area contributed by atoms with Crippen LogP contribution in [0, 0.1) is 10.1 Å². The summed E-state index contributed by atoms with van der Waals surface area (Å²) in [7, 11) is 0. The summed E-state index contributed by atoms with van der Waals surface area (Å²) in [4.78, 5) is 16.5. The van der Waals surface area contributed by atoms with Crippen LogP contribution in [0.25, 0.3) is 0 Å². The highest BCUT2D eigenvalue weighted by atomic mass is 16.6. The van der Waals surface area contributed by atoms with Gasteiger partial charge in [0, 0.05) is 0 Å². The van der Waals surface area contributed by atoms with Gasteiger partial charge in [0.25, 0.3) is 0 Å². The van der Waals surface area contributed by atoms with Crippen LogP contribution in [-0.4, -0.2) is 14.9 Å². The van der Waals surface area contributed by atoms with Gasteiger partial charge in [0.1, 0.15) is 6.20 Å². The molecule has 1 heterocycles. The number of H-pyrrole nitrogens is 1. The van der Waals surface area contributed by atoms with Gasteiger partial charge >= 0.3 is 5.82 Å². The summed E-state index contributed by atoms with van der Waals surface area (Å²) < 4.78 is 0. The molecule has 0 radical (unpaired) electrons. The number of benzene rings is 1. The smallest absolute Gasteiger partial charge is 0.358 e. The van der Waals surface area contributed by atoms with E-state index in [0.29, 0.717) is 12.2 Å². The van der Waals surface area contributed by atoms with Crippen molar-refractivity contribution in [2.45, 2.75) is 6.42 Å². The van der Waals surface area contributed by atoms with Gasteiger partial charge in [-0.25, -0.2) is 0 Å². The molecule has 0 unspecified atom stereocenters. The van der Waals surface area contributed by atoms with E-state index in [-0.39, 0.29) is 5.82 Å². The first-order valence-corrected chi connectivity index (χ1v) is 4.48. The number of aromatic nitrogens is 2. The first-order chi connectivity index (χ1) is 7.25. The van der Waals surface area contributed by atoms with Crippen molar-refractivity contribution in [1.29, 1.82) is 0 Å². The molecule has 76 valence electrons. The van der Waals surface area contributed by atoms with Crippen molar-refractivity contribution in [3.63, 3.8) is 0 Å². The van der Waals surface area contributed by atoms with Crippen LogP contribution in [0.3, 0.4) is 0 Å². The number of nitrogens with zero attached hydrogens (tertiary/aromatic N) is 2. The molecular weight excluding hydrogens is 194 g/mol. The summed E-state index contributed by atoms with van der Waals surface area (Å²) in [6.45, 7) is 0. The van der Waals surface area contributed by atoms with Gasteiger partial charge in [-0.1, -0.05) is 30.3 Å². The minimum Gasteiger partial charge on any atom is -0.358 e. The van der Waals surface area contributed by atoms with Crippen LogP contribution in [-0.2, 0) is 6.42 Å². The lowest BCUT2D eigenvalue weighted by Crippen LogP contribution is -1.91. The lowest BCUT2D eigenvalue weighted by atomic mass is 10.1. The van der Waals surface area contributed by atoms with Gasteiger partial charge in [-0.2, -0.15) is 0 Å². The zero-order valence-electron chi connectivity index (χ0n) is 7.88. The van der Waals surface area contributed by atoms with E-state index in [0.717, 1.165) is 5.56 Å². The first-order valence-electron chi connectivity index (χ1n) is 4.48. The number of nitro groups is 1. The number of hydrogen-bond acceptors (Lipinski definition) is 3. The standard InChI is InChI=1S/C10H9N3O2/c14-13(15)10-7-11-9(12-10)6-8-4-2-1-3-5-8/h1-5,7H,6H2,(H,11,12). The Bertz CT molecular complexity index is 465. The Balaban J connectivity index is 2.15. The summed E-state index contributed by atoms with van der Waals surface area (Å²) in [5.41, 5.74) is 1.07. The maximum absolute atomic E-state index is 10.4. The summed E-state index contributed by atoms with van der Waals surface area (Å²) >= 11 is 0. The molecule has 2 rings (SSSR count). The Morgan fingerprint density at radius 1 is 1.33 bits per heavy atom. The van der Waals surface area contributed by atoms with Crippen LogP contribution in [0.2, 0.25) is 0 Å². The van der Waals surface area contributed by atoms with E-state index in [1.165, 1.54) is 6.20 Å². The average molecular weight is 203 g/mol. The normalized spacial score (nSPS) is 10.1. The van der Waals surface area contributed by atoms with Crippen molar-refractivity contribution in [1.82, 2.24) is 9.97 Å². The van der Waals surface area contributed by atoms with Crippen LogP contribution in [0.1, 0.15) is 11.4 Å². The molecule has 5 heteroatoms. The maximum atomic E-state index is 10.4. The molecule has 0 saturated heterocycles. The zero-order chi connectivity index (χ0) is 10.7. The van der Waals surface area contributed by atoms with Crippen molar-refractivity contribution in [3.05, 3.63) is 58.0 Å². The highest BCUT2D eigenvalue weighted by Gasteiger charge is 2.12. The Morgan fingerprint density at radius 3 is 2.67 bits per heavy atom. The average Bonchev–Trinajstić information content (AvgIpc) is 2.68. The highest BCUT2D eigenvalue weighted by Crippen LogP contribution is 2.10. The lowest BCUT2D eigenvalue weighted by Gasteiger charge is -1.92. The monoisotopic (exact) mass is 203 g/mol. The molecule has 0 spiro atoms. The summed E-state index contributed by atoms with van der Waals surface area (Å²) in [6, 6.07) is 9.68. The van der Waals surface area contributed by atoms with Crippen LogP contribution < -0.4 is 0 Å². The Morgan fingerprint density at radius 2 is 2.07 bits per heavy atom. The van der Waals surface area contributed by atoms with E-state index < -0.39 is 4.92 Å². The van der Waals surface area contributed by atoms with Gasteiger partial charge in [-0.05, 0) is 15.5 Å². The minimum absolute atomic E-state index is 0.138. The molecule has 2 aromatic rings. The second-order valence-corrected chi connectivity index (χ2v) is 3.12. The van der Waals surface area contributed by atoms with Crippen LogP contribution in [0.4, 0.5) is 5.82 Å². The molecule has 1 aromatic carbocycles. The fourth-order valence-electron chi connectivity index (χ4n) is 1.32. The SMILES string of the molecule is O=[N+]([O-])c1c[nH]c(Cc2ccccc2)n1. The topological polar surface area (TPSA) is 71.8 Å². The molecule has 0 aliphatic rings. The van der Waals surface area contributed by atoms with Crippen LogP contribution in [0.5, 0.6) is 0 Å². The van der Waals surface area contributed by atoms with Gasteiger partial charge < -0.3 is 15.1 Å². The minimum atomic E-state index is -0.509. The second kappa shape index (κ2) is 3.91. The van der Waals surface area contributed by atoms with Crippen molar-refractivity contribution < 1.29 is 4.92 Å². The van der Waals surface area contributed by atoms with Gasteiger partial charge in [0.15, 0.2) is 0 Å². The van der Waals surface area contributed by atoms with Gasteiger partial charge in [-0.3, -0.25) is 0 Å². The fourth-order valence-corrected chi connectivity index (χ4v) is 1.32. The molecule has 0 amide bonds. The predicted octanol–water partition coefficient (Wildman–Crippen LogP) is 1.91. The first kappa shape index (κ1) is 9.39. The fraction of sp³-hybridized carbons (Fsp3) is 0.100. The molecule has 0 atom stereocenters. The van der Waals surface area contributed by atoms with E-state index in [9.17, 15) is 10.1 Å². The second-order valence-electron chi connectivity index (χ2n) is 3.12. The molecule has 1 aromatic heterocycles. The van der Waals surface area contributed by atoms with Crippen molar-refractivity contribution in [2.75, 3.05) is 0 Å². The summed E-state index contributed by atoms with van der Waals surface area (Å²) in [5, 5.41) is 10.4. The molecule has 0 saturated carbocycles. The van der Waals surface area contributed by atoms with Crippen molar-refractivity contribution >= 4 is 5.82 Å². The molecule has 0 aliphatic heterocycles. The molecule has 0 bridgehead atoms. The Kier molecular flexibility index (Phi) is 2.45. The van der Waals surface area contributed by atoms with Gasteiger partial charge in [-0.15, -0.1) is 0 Å². The quantitative estimate of drug-likeness (QED) is 0.611. The van der Waals surface area contributed by atoms with E-state index >= 15 is 0 Å². The van der Waals surface area contributed by atoms with Crippen molar-refractivity contribution in [3.8, 4) is 0 Å². The predicted molar refractivity (Wildman–Crippen MR) is 54.5 cm³/mol. The molecule has 5 nitrogen and oxygen atoms in total. The number of hydrogen-bond donors (Lipinski definition) is 1. The third-order valence-electron chi connectivity index (χ3n) is 2.02. The van der Waals surface area contributed by atoms with E-state index in [2.05, 4.69) is 9.97 Å². The zero-order valence-corrected chi connectivity index (χ0v) is 7.88. The number of imidazole rings is 1. The highest BCUT2D eigenvalue weighted by molar-refractivity contribution is 5.22. The van der Waals surface area contributed by atoms with Crippen LogP contribution in [0.15, 0.2) is 36.5 Å². The van der Waals surface area contributed by atoms with Gasteiger partial charge in [0.2, 0.25) is 5.82 Å². The summed E-state index contributed by atoms with van der Waals surface area (Å²) in [6.07, 6.45) is 1.88. The molecule has 15 heavy (non-hydrogen) atoms. The Labute approximate surface area is 85.9 Å². The summed E-state index contributed by atoms with van der Waals surface area (Å²) in [5.74, 6) is 0.467. The molecular formula is C10H9N3O2. The van der Waals surface area contributed by atoms with Crippen LogP contribution >= 0.6 is 0 Å². The van der Waals surface area contributed by atoms with E-state index in [1.807, 2.05) is 30.3 Å². The van der Waals surface area contributed by atoms with Crippen molar-refractivity contribution in [2.24, 2.45) is 0 Å². The number of rotatable bonds is 3. The molecule has 1 N–H and O–H groups in total. The lowest BCUT2D eigenvalue weighted by molar-refractivity contribution is -0.389. The third-order valence-corrected chi connectivity index (χ3v) is 2.02. The Hall–Kier alpha value is -2.17. The van der Waals surface area contributed by atoms with E-state index in [4.69, 9.17) is 0 Å².